The molecule has 0 aliphatic carbocycles. The number of alkyl halides is 2. The summed E-state index contributed by atoms with van der Waals surface area (Å²) in [4.78, 5) is 24.9. The number of aromatic amines is 1. The van der Waals surface area contributed by atoms with Crippen LogP contribution in [-0.2, 0) is 4.74 Å². The van der Waals surface area contributed by atoms with Gasteiger partial charge in [0, 0.05) is 22.6 Å². The highest BCUT2D eigenvalue weighted by atomic mass is 127. The van der Waals surface area contributed by atoms with Gasteiger partial charge in [-0.05, 0) is 6.42 Å². The molecule has 0 radical (unpaired) electrons. The molecule has 1 N–H and O–H groups in total. The van der Waals surface area contributed by atoms with Crippen LogP contribution in [0, 0.1) is 5.92 Å². The Labute approximate surface area is 123 Å². The van der Waals surface area contributed by atoms with E-state index >= 15 is 0 Å². The zero-order valence-electron chi connectivity index (χ0n) is 10.7. The molecule has 2 rings (SSSR count). The van der Waals surface area contributed by atoms with Gasteiger partial charge in [0.1, 0.15) is 0 Å². The third kappa shape index (κ3) is 2.37. The van der Waals surface area contributed by atoms with Crippen LogP contribution in [0.25, 0.3) is 0 Å². The van der Waals surface area contributed by atoms with E-state index in [0.29, 0.717) is 10.8 Å². The lowest BCUT2D eigenvalue weighted by Gasteiger charge is -2.29. The van der Waals surface area contributed by atoms with E-state index in [9.17, 15) is 14.0 Å². The quantitative estimate of drug-likeness (QED) is 0.639. The van der Waals surface area contributed by atoms with Crippen molar-refractivity contribution in [1.29, 1.82) is 0 Å². The molecule has 0 spiro atoms. The number of hydrogen-bond acceptors (Lipinski definition) is 3. The van der Waals surface area contributed by atoms with Crippen LogP contribution < -0.4 is 11.2 Å². The van der Waals surface area contributed by atoms with E-state index in [1.54, 1.807) is 6.92 Å². The first-order chi connectivity index (χ1) is 8.95. The second kappa shape index (κ2) is 5.35. The predicted molar refractivity (Wildman–Crippen MR) is 77.4 cm³/mol. The molecule has 0 unspecified atom stereocenters. The van der Waals surface area contributed by atoms with Gasteiger partial charge >= 0.3 is 5.69 Å². The Morgan fingerprint density at radius 3 is 2.74 bits per heavy atom. The molecular formula is C12H16FIN2O3. The van der Waals surface area contributed by atoms with Gasteiger partial charge in [0.05, 0.1) is 5.60 Å². The Morgan fingerprint density at radius 2 is 2.26 bits per heavy atom. The molecule has 1 aliphatic heterocycles. The monoisotopic (exact) mass is 382 g/mol. The van der Waals surface area contributed by atoms with Crippen molar-refractivity contribution in [2.24, 2.45) is 5.92 Å². The molecule has 1 aromatic rings. The Morgan fingerprint density at radius 1 is 1.58 bits per heavy atom. The summed E-state index contributed by atoms with van der Waals surface area (Å²) in [5.74, 6) is -0.307. The van der Waals surface area contributed by atoms with Crippen LogP contribution in [0.3, 0.4) is 0 Å². The first kappa shape index (κ1) is 14.7. The third-order valence-electron chi connectivity index (χ3n) is 3.89. The highest BCUT2D eigenvalue weighted by Crippen LogP contribution is 2.45. The summed E-state index contributed by atoms with van der Waals surface area (Å²) < 4.78 is 22.0. The minimum Gasteiger partial charge on any atom is -0.347 e. The standard InChI is InChI=1S/C12H16FIN2O3/c1-3-12(6-14)7(2)9(13)10(19-12)16-5-4-8(17)15-11(16)18/h4-5,7,9-10H,3,6H2,1-2H3,(H,15,17,18)/t7-,9+,10+,12-/m0/s1. The molecule has 0 saturated carbocycles. The zero-order chi connectivity index (χ0) is 14.2. The number of nitrogens with zero attached hydrogens (tertiary/aromatic N) is 1. The number of H-pyrrole nitrogens is 1. The van der Waals surface area contributed by atoms with Crippen LogP contribution in [0.1, 0.15) is 26.5 Å². The summed E-state index contributed by atoms with van der Waals surface area (Å²) in [6.07, 6.45) is -0.302. The molecule has 7 heteroatoms. The van der Waals surface area contributed by atoms with Crippen molar-refractivity contribution in [2.75, 3.05) is 4.43 Å². The van der Waals surface area contributed by atoms with E-state index in [-0.39, 0.29) is 5.92 Å². The lowest BCUT2D eigenvalue weighted by Crippen LogP contribution is -2.37. The number of ether oxygens (including phenoxy) is 1. The molecule has 0 amide bonds. The number of aromatic nitrogens is 2. The van der Waals surface area contributed by atoms with Crippen molar-refractivity contribution in [1.82, 2.24) is 9.55 Å². The molecule has 1 aliphatic rings. The van der Waals surface area contributed by atoms with E-state index in [4.69, 9.17) is 4.74 Å². The van der Waals surface area contributed by atoms with E-state index in [0.717, 1.165) is 4.57 Å². The van der Waals surface area contributed by atoms with Crippen LogP contribution in [0.2, 0.25) is 0 Å². The van der Waals surface area contributed by atoms with Gasteiger partial charge in [0.25, 0.3) is 5.56 Å². The summed E-state index contributed by atoms with van der Waals surface area (Å²) >= 11 is 2.17. The SMILES string of the molecule is CC[C@@]1(CI)O[C@@H](n2ccc(=O)[nH]c2=O)[C@H](F)[C@@H]1C. The first-order valence-electron chi connectivity index (χ1n) is 6.14. The fourth-order valence-corrected chi connectivity index (χ4v) is 3.85. The van der Waals surface area contributed by atoms with Gasteiger partial charge in [-0.3, -0.25) is 14.3 Å². The predicted octanol–water partition coefficient (Wildman–Crippen LogP) is 1.62. The van der Waals surface area contributed by atoms with Crippen LogP contribution >= 0.6 is 22.6 Å². The van der Waals surface area contributed by atoms with Crippen molar-refractivity contribution in [2.45, 2.75) is 38.3 Å². The van der Waals surface area contributed by atoms with Gasteiger partial charge in [-0.2, -0.15) is 0 Å². The molecule has 1 aromatic heterocycles. The maximum absolute atomic E-state index is 14.4. The summed E-state index contributed by atoms with van der Waals surface area (Å²) in [6, 6.07) is 1.19. The number of hydrogen-bond donors (Lipinski definition) is 1. The lowest BCUT2D eigenvalue weighted by molar-refractivity contribution is -0.0764. The highest BCUT2D eigenvalue weighted by Gasteiger charge is 2.52. The van der Waals surface area contributed by atoms with E-state index in [2.05, 4.69) is 27.6 Å². The smallest absolute Gasteiger partial charge is 0.330 e. The zero-order valence-corrected chi connectivity index (χ0v) is 12.9. The molecule has 0 bridgehead atoms. The van der Waals surface area contributed by atoms with Crippen LogP contribution in [0.15, 0.2) is 21.9 Å². The van der Waals surface area contributed by atoms with Crippen LogP contribution in [0.5, 0.6) is 0 Å². The average Bonchev–Trinajstić information content (AvgIpc) is 2.64. The molecule has 106 valence electrons. The van der Waals surface area contributed by atoms with Gasteiger partial charge in [-0.1, -0.05) is 36.4 Å². The molecule has 0 aromatic carbocycles. The molecular weight excluding hydrogens is 366 g/mol. The molecule has 4 atom stereocenters. The van der Waals surface area contributed by atoms with Gasteiger partial charge < -0.3 is 4.74 Å². The molecule has 5 nitrogen and oxygen atoms in total. The Hall–Kier alpha value is -0.700. The maximum atomic E-state index is 14.4. The van der Waals surface area contributed by atoms with E-state index < -0.39 is 29.2 Å². The highest BCUT2D eigenvalue weighted by molar-refractivity contribution is 14.1. The average molecular weight is 382 g/mol. The van der Waals surface area contributed by atoms with Crippen molar-refractivity contribution < 1.29 is 9.13 Å². The van der Waals surface area contributed by atoms with Crippen molar-refractivity contribution in [3.8, 4) is 0 Å². The second-order valence-corrected chi connectivity index (χ2v) is 5.57. The molecule has 1 fully saturated rings. The fourth-order valence-electron chi connectivity index (χ4n) is 2.44. The van der Waals surface area contributed by atoms with Gasteiger partial charge in [-0.15, -0.1) is 0 Å². The summed E-state index contributed by atoms with van der Waals surface area (Å²) in [5, 5.41) is 0. The molecule has 2 heterocycles. The molecule has 19 heavy (non-hydrogen) atoms. The van der Waals surface area contributed by atoms with Gasteiger partial charge in [-0.25, -0.2) is 9.18 Å². The first-order valence-corrected chi connectivity index (χ1v) is 7.67. The second-order valence-electron chi connectivity index (χ2n) is 4.81. The maximum Gasteiger partial charge on any atom is 0.330 e. The Kier molecular flexibility index (Phi) is 4.14. The fraction of sp³-hybridized carbons (Fsp3) is 0.667. The topological polar surface area (TPSA) is 64.1 Å². The van der Waals surface area contributed by atoms with Crippen molar-refractivity contribution in [3.05, 3.63) is 33.1 Å². The van der Waals surface area contributed by atoms with E-state index in [1.807, 2.05) is 6.92 Å². The van der Waals surface area contributed by atoms with Gasteiger partial charge in [0.2, 0.25) is 0 Å². The number of nitrogens with one attached hydrogen (secondary N) is 1. The summed E-state index contributed by atoms with van der Waals surface area (Å²) in [5.41, 5.74) is -1.72. The number of rotatable bonds is 3. The van der Waals surface area contributed by atoms with Crippen LogP contribution in [0.4, 0.5) is 4.39 Å². The summed E-state index contributed by atoms with van der Waals surface area (Å²) in [7, 11) is 0. The van der Waals surface area contributed by atoms with Crippen LogP contribution in [-0.4, -0.2) is 25.8 Å². The Balaban J connectivity index is 2.42. The van der Waals surface area contributed by atoms with Crippen molar-refractivity contribution >= 4 is 22.6 Å². The number of halogens is 2. The Bertz CT molecular complexity index is 567. The minimum absolute atomic E-state index is 0.307. The lowest BCUT2D eigenvalue weighted by atomic mass is 9.87. The normalized spacial score (nSPS) is 34.6. The molecule has 1 saturated heterocycles. The summed E-state index contributed by atoms with van der Waals surface area (Å²) in [6.45, 7) is 3.74. The van der Waals surface area contributed by atoms with E-state index in [1.165, 1.54) is 12.3 Å². The van der Waals surface area contributed by atoms with Gasteiger partial charge in [0.15, 0.2) is 12.4 Å². The van der Waals surface area contributed by atoms with Crippen molar-refractivity contribution in [3.63, 3.8) is 0 Å². The third-order valence-corrected chi connectivity index (χ3v) is 5.18. The largest absolute Gasteiger partial charge is 0.347 e. The minimum atomic E-state index is -1.28.